The molecule has 1 heterocycles. The molecule has 21 heavy (non-hydrogen) atoms. The lowest BCUT2D eigenvalue weighted by molar-refractivity contribution is -0.120. The third-order valence-corrected chi connectivity index (χ3v) is 3.01. The van der Waals surface area contributed by atoms with E-state index in [1.54, 1.807) is 24.3 Å². The molecule has 0 aliphatic heterocycles. The molecule has 0 saturated heterocycles. The van der Waals surface area contributed by atoms with Crippen LogP contribution in [0, 0.1) is 0 Å². The molecule has 1 aromatic carbocycles. The van der Waals surface area contributed by atoms with Gasteiger partial charge in [-0.25, -0.2) is 0 Å². The Bertz CT molecular complexity index is 615. The Morgan fingerprint density at radius 2 is 1.67 bits per heavy atom. The van der Waals surface area contributed by atoms with Crippen LogP contribution in [0.15, 0.2) is 48.8 Å². The fraction of sp³-hybridized carbons (Fsp3) is 0.133. The number of hydrogen-bond donors (Lipinski definition) is 2. The number of amides is 2. The van der Waals surface area contributed by atoms with E-state index in [0.717, 1.165) is 5.56 Å². The van der Waals surface area contributed by atoms with E-state index in [9.17, 15) is 9.59 Å². The van der Waals surface area contributed by atoms with Gasteiger partial charge in [0.25, 0.3) is 5.91 Å². The zero-order chi connectivity index (χ0) is 15.1. The van der Waals surface area contributed by atoms with Crippen LogP contribution in [0.25, 0.3) is 0 Å². The molecular weight excluding hydrogens is 290 g/mol. The number of aromatic nitrogens is 1. The summed E-state index contributed by atoms with van der Waals surface area (Å²) in [6, 6.07) is 10.3. The molecule has 0 aliphatic rings. The van der Waals surface area contributed by atoms with Crippen LogP contribution in [0.2, 0.25) is 5.02 Å². The minimum atomic E-state index is -0.306. The summed E-state index contributed by atoms with van der Waals surface area (Å²) in [7, 11) is 0. The lowest BCUT2D eigenvalue weighted by Gasteiger charge is -2.07. The normalized spacial score (nSPS) is 9.95. The first-order chi connectivity index (χ1) is 10.1. The van der Waals surface area contributed by atoms with Crippen LogP contribution in [0.5, 0.6) is 0 Å². The zero-order valence-electron chi connectivity index (χ0n) is 11.2. The van der Waals surface area contributed by atoms with E-state index >= 15 is 0 Å². The first-order valence-corrected chi connectivity index (χ1v) is 6.72. The Kier molecular flexibility index (Phi) is 5.29. The van der Waals surface area contributed by atoms with E-state index in [1.807, 2.05) is 12.1 Å². The van der Waals surface area contributed by atoms with E-state index in [4.69, 9.17) is 11.6 Å². The molecule has 0 atom stereocenters. The number of nitrogens with one attached hydrogen (secondary N) is 2. The highest BCUT2D eigenvalue weighted by Crippen LogP contribution is 2.08. The summed E-state index contributed by atoms with van der Waals surface area (Å²) in [5.41, 5.74) is 1.41. The lowest BCUT2D eigenvalue weighted by Crippen LogP contribution is -2.36. The van der Waals surface area contributed by atoms with E-state index in [0.29, 0.717) is 17.1 Å². The number of pyridine rings is 1. The molecule has 1 aromatic heterocycles. The highest BCUT2D eigenvalue weighted by atomic mass is 35.5. The van der Waals surface area contributed by atoms with Crippen molar-refractivity contribution in [1.29, 1.82) is 0 Å². The van der Waals surface area contributed by atoms with Gasteiger partial charge in [-0.2, -0.15) is 0 Å². The minimum Gasteiger partial charge on any atom is -0.350 e. The summed E-state index contributed by atoms with van der Waals surface area (Å²) in [5.74, 6) is -0.564. The first kappa shape index (κ1) is 15.0. The maximum absolute atomic E-state index is 11.7. The number of nitrogens with zero attached hydrogens (tertiary/aromatic N) is 1. The van der Waals surface area contributed by atoms with Gasteiger partial charge >= 0.3 is 0 Å². The molecule has 0 radical (unpaired) electrons. The van der Waals surface area contributed by atoms with Crippen molar-refractivity contribution in [2.75, 3.05) is 6.54 Å². The van der Waals surface area contributed by atoms with Gasteiger partial charge in [0.15, 0.2) is 0 Å². The topological polar surface area (TPSA) is 71.1 Å². The monoisotopic (exact) mass is 303 g/mol. The van der Waals surface area contributed by atoms with Crippen LogP contribution in [0.4, 0.5) is 0 Å². The largest absolute Gasteiger partial charge is 0.350 e. The molecule has 0 aliphatic carbocycles. The van der Waals surface area contributed by atoms with Crippen LogP contribution >= 0.6 is 11.6 Å². The van der Waals surface area contributed by atoms with Gasteiger partial charge in [0.1, 0.15) is 0 Å². The molecule has 2 N–H and O–H groups in total. The number of benzene rings is 1. The van der Waals surface area contributed by atoms with Crippen molar-refractivity contribution in [2.24, 2.45) is 0 Å². The Morgan fingerprint density at radius 3 is 2.33 bits per heavy atom. The number of carbonyl (C=O) groups excluding carboxylic acids is 2. The molecule has 6 heteroatoms. The smallest absolute Gasteiger partial charge is 0.251 e. The quantitative estimate of drug-likeness (QED) is 0.884. The van der Waals surface area contributed by atoms with Crippen LogP contribution in [0.3, 0.4) is 0 Å². The second-order valence-electron chi connectivity index (χ2n) is 4.32. The SMILES string of the molecule is O=C(CNC(=O)c1ccncc1)NCc1ccc(Cl)cc1. The van der Waals surface area contributed by atoms with E-state index in [2.05, 4.69) is 15.6 Å². The molecule has 0 bridgehead atoms. The fourth-order valence-corrected chi connectivity index (χ4v) is 1.76. The van der Waals surface area contributed by atoms with Gasteiger partial charge in [0.05, 0.1) is 6.54 Å². The van der Waals surface area contributed by atoms with E-state index in [1.165, 1.54) is 12.4 Å². The second-order valence-corrected chi connectivity index (χ2v) is 4.76. The summed E-state index contributed by atoms with van der Waals surface area (Å²) >= 11 is 5.78. The third-order valence-electron chi connectivity index (χ3n) is 2.75. The first-order valence-electron chi connectivity index (χ1n) is 6.34. The van der Waals surface area contributed by atoms with Gasteiger partial charge in [-0.1, -0.05) is 23.7 Å². The Balaban J connectivity index is 1.75. The summed E-state index contributed by atoms with van der Waals surface area (Å²) in [6.07, 6.45) is 3.05. The van der Waals surface area contributed by atoms with Gasteiger partial charge in [0.2, 0.25) is 5.91 Å². The summed E-state index contributed by atoms with van der Waals surface area (Å²) in [5, 5.41) is 5.91. The Labute approximate surface area is 127 Å². The molecule has 0 spiro atoms. The average molecular weight is 304 g/mol. The van der Waals surface area contributed by atoms with Crippen LogP contribution < -0.4 is 10.6 Å². The molecule has 0 fully saturated rings. The van der Waals surface area contributed by atoms with Crippen molar-refractivity contribution >= 4 is 23.4 Å². The highest BCUT2D eigenvalue weighted by molar-refractivity contribution is 6.30. The van der Waals surface area contributed by atoms with E-state index in [-0.39, 0.29) is 18.4 Å². The number of hydrogen-bond acceptors (Lipinski definition) is 3. The van der Waals surface area contributed by atoms with Crippen molar-refractivity contribution in [3.05, 3.63) is 64.9 Å². The zero-order valence-corrected chi connectivity index (χ0v) is 11.9. The average Bonchev–Trinajstić information content (AvgIpc) is 2.53. The molecule has 5 nitrogen and oxygen atoms in total. The number of rotatable bonds is 5. The maximum Gasteiger partial charge on any atom is 0.251 e. The third kappa shape index (κ3) is 4.89. The van der Waals surface area contributed by atoms with Crippen LogP contribution in [-0.2, 0) is 11.3 Å². The van der Waals surface area contributed by atoms with Crippen LogP contribution in [-0.4, -0.2) is 23.3 Å². The standard InChI is InChI=1S/C15H14ClN3O2/c16-13-3-1-11(2-4-13)9-18-14(20)10-19-15(21)12-5-7-17-8-6-12/h1-8H,9-10H2,(H,18,20)(H,19,21). The lowest BCUT2D eigenvalue weighted by atomic mass is 10.2. The van der Waals surface area contributed by atoms with Crippen molar-refractivity contribution in [3.63, 3.8) is 0 Å². The van der Waals surface area contributed by atoms with Crippen molar-refractivity contribution in [1.82, 2.24) is 15.6 Å². The molecule has 2 amide bonds. The predicted octanol–water partition coefficient (Wildman–Crippen LogP) is 1.78. The van der Waals surface area contributed by atoms with Gasteiger partial charge < -0.3 is 10.6 Å². The molecule has 2 rings (SSSR count). The Morgan fingerprint density at radius 1 is 1.00 bits per heavy atom. The minimum absolute atomic E-state index is 0.0747. The van der Waals surface area contributed by atoms with Crippen LogP contribution in [0.1, 0.15) is 15.9 Å². The molecular formula is C15H14ClN3O2. The van der Waals surface area contributed by atoms with Gasteiger partial charge in [-0.15, -0.1) is 0 Å². The summed E-state index contributed by atoms with van der Waals surface area (Å²) in [4.78, 5) is 27.2. The van der Waals surface area contributed by atoms with Crippen molar-refractivity contribution in [2.45, 2.75) is 6.54 Å². The molecule has 0 saturated carbocycles. The highest BCUT2D eigenvalue weighted by Gasteiger charge is 2.07. The van der Waals surface area contributed by atoms with Gasteiger partial charge in [0, 0.05) is 29.5 Å². The summed E-state index contributed by atoms with van der Waals surface area (Å²) in [6.45, 7) is 0.315. The second kappa shape index (κ2) is 7.40. The Hall–Kier alpha value is -2.40. The molecule has 0 unspecified atom stereocenters. The fourth-order valence-electron chi connectivity index (χ4n) is 1.63. The summed E-state index contributed by atoms with van der Waals surface area (Å²) < 4.78 is 0. The molecule has 2 aromatic rings. The molecule has 108 valence electrons. The van der Waals surface area contributed by atoms with E-state index < -0.39 is 0 Å². The maximum atomic E-state index is 11.7. The van der Waals surface area contributed by atoms with Crippen molar-refractivity contribution < 1.29 is 9.59 Å². The number of carbonyl (C=O) groups is 2. The van der Waals surface area contributed by atoms with Gasteiger partial charge in [-0.3, -0.25) is 14.6 Å². The van der Waals surface area contributed by atoms with Gasteiger partial charge in [-0.05, 0) is 29.8 Å². The predicted molar refractivity (Wildman–Crippen MR) is 79.9 cm³/mol. The van der Waals surface area contributed by atoms with Crippen molar-refractivity contribution in [3.8, 4) is 0 Å². The number of halogens is 1.